The number of carboxylic acids is 1. The van der Waals surface area contributed by atoms with E-state index in [0.29, 0.717) is 5.92 Å². The van der Waals surface area contributed by atoms with Crippen molar-refractivity contribution in [1.29, 1.82) is 0 Å². The second kappa shape index (κ2) is 9.17. The molecule has 0 saturated heterocycles. The summed E-state index contributed by atoms with van der Waals surface area (Å²) in [6.45, 7) is 3.95. The Morgan fingerprint density at radius 2 is 1.60 bits per heavy atom. The van der Waals surface area contributed by atoms with Crippen molar-refractivity contribution in [2.75, 3.05) is 11.4 Å². The third-order valence-corrected chi connectivity index (χ3v) is 6.20. The Bertz CT molecular complexity index is 1010. The zero-order valence-electron chi connectivity index (χ0n) is 17.6. The standard InChI is InChI=1S/C27H29NO2/c1-2-28(19-21-13-11-20(12-14-21)17-27(29)30)26-10-6-5-9-25(26)24-16-15-22-7-3-4-8-23(22)18-24/h3-14,24H,2,15-19H2,1H3,(H,29,30)/t24-/m1/s1. The van der Waals surface area contributed by atoms with Gasteiger partial charge in [-0.3, -0.25) is 4.79 Å². The van der Waals surface area contributed by atoms with Gasteiger partial charge in [0.25, 0.3) is 0 Å². The summed E-state index contributed by atoms with van der Waals surface area (Å²) < 4.78 is 0. The zero-order valence-corrected chi connectivity index (χ0v) is 17.6. The van der Waals surface area contributed by atoms with E-state index in [1.807, 2.05) is 12.1 Å². The van der Waals surface area contributed by atoms with E-state index >= 15 is 0 Å². The van der Waals surface area contributed by atoms with E-state index in [1.165, 1.54) is 34.4 Å². The Labute approximate surface area is 179 Å². The lowest BCUT2D eigenvalue weighted by Gasteiger charge is -2.31. The minimum atomic E-state index is -0.791. The van der Waals surface area contributed by atoms with Gasteiger partial charge in [0.1, 0.15) is 0 Å². The molecule has 154 valence electrons. The summed E-state index contributed by atoms with van der Waals surface area (Å²) in [5.74, 6) is -0.246. The number of aliphatic carboxylic acids is 1. The van der Waals surface area contributed by atoms with Gasteiger partial charge >= 0.3 is 5.97 Å². The molecule has 0 heterocycles. The summed E-state index contributed by atoms with van der Waals surface area (Å²) in [4.78, 5) is 13.4. The molecule has 1 atom stereocenters. The van der Waals surface area contributed by atoms with Crippen LogP contribution in [0.25, 0.3) is 0 Å². The zero-order chi connectivity index (χ0) is 20.9. The maximum atomic E-state index is 10.9. The number of para-hydroxylation sites is 1. The molecule has 30 heavy (non-hydrogen) atoms. The van der Waals surface area contributed by atoms with Gasteiger partial charge in [-0.2, -0.15) is 0 Å². The van der Waals surface area contributed by atoms with Gasteiger partial charge in [0.15, 0.2) is 0 Å². The van der Waals surface area contributed by atoms with Crippen molar-refractivity contribution in [2.24, 2.45) is 0 Å². The minimum absolute atomic E-state index is 0.0732. The minimum Gasteiger partial charge on any atom is -0.481 e. The first kappa shape index (κ1) is 20.2. The number of rotatable bonds is 7. The van der Waals surface area contributed by atoms with Gasteiger partial charge in [-0.05, 0) is 66.0 Å². The molecule has 0 radical (unpaired) electrons. The summed E-state index contributed by atoms with van der Waals surface area (Å²) in [6.07, 6.45) is 3.51. The van der Waals surface area contributed by atoms with Crippen molar-refractivity contribution in [3.63, 3.8) is 0 Å². The number of hydrogen-bond acceptors (Lipinski definition) is 2. The summed E-state index contributed by atoms with van der Waals surface area (Å²) >= 11 is 0. The molecule has 3 nitrogen and oxygen atoms in total. The predicted octanol–water partition coefficient (Wildman–Crippen LogP) is 5.61. The van der Waals surface area contributed by atoms with Crippen LogP contribution in [0.4, 0.5) is 5.69 Å². The molecule has 3 heteroatoms. The van der Waals surface area contributed by atoms with E-state index in [9.17, 15) is 4.79 Å². The monoisotopic (exact) mass is 399 g/mol. The van der Waals surface area contributed by atoms with Gasteiger partial charge < -0.3 is 10.0 Å². The lowest BCUT2D eigenvalue weighted by molar-refractivity contribution is -0.136. The van der Waals surface area contributed by atoms with Gasteiger partial charge in [-0.25, -0.2) is 0 Å². The van der Waals surface area contributed by atoms with Crippen LogP contribution in [0.1, 0.15) is 47.1 Å². The molecule has 0 amide bonds. The summed E-state index contributed by atoms with van der Waals surface area (Å²) in [5.41, 5.74) is 7.79. The topological polar surface area (TPSA) is 40.5 Å². The van der Waals surface area contributed by atoms with Crippen molar-refractivity contribution in [3.05, 3.63) is 101 Å². The molecule has 1 aliphatic carbocycles. The summed E-state index contributed by atoms with van der Waals surface area (Å²) in [6, 6.07) is 25.7. The second-order valence-corrected chi connectivity index (χ2v) is 8.17. The van der Waals surface area contributed by atoms with Gasteiger partial charge in [0.2, 0.25) is 0 Å². The number of nitrogens with zero attached hydrogens (tertiary/aromatic N) is 1. The highest BCUT2D eigenvalue weighted by atomic mass is 16.4. The smallest absolute Gasteiger partial charge is 0.307 e. The van der Waals surface area contributed by atoms with Crippen LogP contribution in [0.2, 0.25) is 0 Å². The number of benzene rings is 3. The molecule has 0 aliphatic heterocycles. The van der Waals surface area contributed by atoms with Gasteiger partial charge in [0, 0.05) is 18.8 Å². The molecule has 0 saturated carbocycles. The molecular formula is C27H29NO2. The molecule has 0 unspecified atom stereocenters. The van der Waals surface area contributed by atoms with Crippen LogP contribution in [-0.4, -0.2) is 17.6 Å². The van der Waals surface area contributed by atoms with Crippen molar-refractivity contribution in [2.45, 2.75) is 45.1 Å². The highest BCUT2D eigenvalue weighted by molar-refractivity contribution is 5.70. The van der Waals surface area contributed by atoms with Crippen LogP contribution in [0.15, 0.2) is 72.8 Å². The van der Waals surface area contributed by atoms with E-state index < -0.39 is 5.97 Å². The average molecular weight is 400 g/mol. The van der Waals surface area contributed by atoms with E-state index in [4.69, 9.17) is 5.11 Å². The Morgan fingerprint density at radius 1 is 0.933 bits per heavy atom. The number of aryl methyl sites for hydroxylation is 1. The van der Waals surface area contributed by atoms with Crippen LogP contribution in [-0.2, 0) is 30.6 Å². The lowest BCUT2D eigenvalue weighted by Crippen LogP contribution is -2.25. The number of carbonyl (C=O) groups is 1. The SMILES string of the molecule is CCN(Cc1ccc(CC(=O)O)cc1)c1ccccc1[C@@H]1CCc2ccccc2C1. The van der Waals surface area contributed by atoms with Crippen molar-refractivity contribution >= 4 is 11.7 Å². The first-order valence-corrected chi connectivity index (χ1v) is 10.8. The third kappa shape index (κ3) is 4.56. The maximum Gasteiger partial charge on any atom is 0.307 e. The molecule has 3 aromatic carbocycles. The molecule has 1 N–H and O–H groups in total. The van der Waals surface area contributed by atoms with Crippen LogP contribution in [0.5, 0.6) is 0 Å². The molecule has 4 rings (SSSR count). The Morgan fingerprint density at radius 3 is 2.33 bits per heavy atom. The van der Waals surface area contributed by atoms with Crippen molar-refractivity contribution in [1.82, 2.24) is 0 Å². The van der Waals surface area contributed by atoms with Gasteiger partial charge in [-0.1, -0.05) is 66.7 Å². The molecule has 0 spiro atoms. The highest BCUT2D eigenvalue weighted by Crippen LogP contribution is 2.37. The molecule has 0 aromatic heterocycles. The molecular weight excluding hydrogens is 370 g/mol. The third-order valence-electron chi connectivity index (χ3n) is 6.20. The summed E-state index contributed by atoms with van der Waals surface area (Å²) in [7, 11) is 0. The summed E-state index contributed by atoms with van der Waals surface area (Å²) in [5, 5.41) is 8.98. The first-order chi connectivity index (χ1) is 14.6. The maximum absolute atomic E-state index is 10.9. The number of carboxylic acid groups (broad SMARTS) is 1. The van der Waals surface area contributed by atoms with E-state index in [2.05, 4.69) is 72.5 Å². The largest absolute Gasteiger partial charge is 0.481 e. The van der Waals surface area contributed by atoms with E-state index in [-0.39, 0.29) is 6.42 Å². The normalized spacial score (nSPS) is 15.4. The quantitative estimate of drug-likeness (QED) is 0.561. The Balaban J connectivity index is 1.55. The van der Waals surface area contributed by atoms with Crippen LogP contribution >= 0.6 is 0 Å². The number of fused-ring (bicyclic) bond motifs is 1. The molecule has 3 aromatic rings. The van der Waals surface area contributed by atoms with Crippen molar-refractivity contribution in [3.8, 4) is 0 Å². The highest BCUT2D eigenvalue weighted by Gasteiger charge is 2.23. The number of anilines is 1. The average Bonchev–Trinajstić information content (AvgIpc) is 2.78. The first-order valence-electron chi connectivity index (χ1n) is 10.8. The fourth-order valence-corrected chi connectivity index (χ4v) is 4.61. The van der Waals surface area contributed by atoms with E-state index in [0.717, 1.165) is 31.5 Å². The van der Waals surface area contributed by atoms with Crippen LogP contribution in [0, 0.1) is 0 Å². The van der Waals surface area contributed by atoms with E-state index in [1.54, 1.807) is 0 Å². The van der Waals surface area contributed by atoms with Crippen LogP contribution in [0.3, 0.4) is 0 Å². The number of hydrogen-bond donors (Lipinski definition) is 1. The van der Waals surface area contributed by atoms with Gasteiger partial charge in [0.05, 0.1) is 6.42 Å². The Kier molecular flexibility index (Phi) is 6.18. The fraction of sp³-hybridized carbons (Fsp3) is 0.296. The second-order valence-electron chi connectivity index (χ2n) is 8.17. The lowest BCUT2D eigenvalue weighted by atomic mass is 9.79. The van der Waals surface area contributed by atoms with Gasteiger partial charge in [-0.15, -0.1) is 0 Å². The predicted molar refractivity (Wildman–Crippen MR) is 122 cm³/mol. The molecule has 0 fully saturated rings. The van der Waals surface area contributed by atoms with Crippen LogP contribution < -0.4 is 4.90 Å². The molecule has 1 aliphatic rings. The Hall–Kier alpha value is -3.07. The fourth-order valence-electron chi connectivity index (χ4n) is 4.61. The van der Waals surface area contributed by atoms with Crippen molar-refractivity contribution < 1.29 is 9.90 Å². The molecule has 0 bridgehead atoms.